The maximum atomic E-state index is 12.8. The van der Waals surface area contributed by atoms with Gasteiger partial charge in [0.2, 0.25) is 0 Å². The molecule has 108 valence electrons. The van der Waals surface area contributed by atoms with Crippen LogP contribution in [0.15, 0.2) is 42.5 Å². The molecule has 0 bridgehead atoms. The van der Waals surface area contributed by atoms with Gasteiger partial charge in [-0.1, -0.05) is 18.2 Å². The normalized spacial score (nSPS) is 10.8. The Labute approximate surface area is 135 Å². The standard InChI is InChI=1S/C16H12FIO3/c1-21-16-9-15(20)12(8-13(16)18)14(19)7-4-10-2-5-11(17)6-3-10/h2-9,20H,1H3/b7-4+. The Morgan fingerprint density at radius 2 is 1.95 bits per heavy atom. The van der Waals surface area contributed by atoms with E-state index in [9.17, 15) is 14.3 Å². The van der Waals surface area contributed by atoms with Crippen LogP contribution in [0.25, 0.3) is 6.08 Å². The minimum Gasteiger partial charge on any atom is -0.507 e. The zero-order valence-corrected chi connectivity index (χ0v) is 13.3. The van der Waals surface area contributed by atoms with Crippen molar-refractivity contribution in [3.8, 4) is 11.5 Å². The second kappa shape index (κ2) is 6.71. The predicted molar refractivity (Wildman–Crippen MR) is 87.1 cm³/mol. The summed E-state index contributed by atoms with van der Waals surface area (Å²) in [6.45, 7) is 0. The zero-order valence-electron chi connectivity index (χ0n) is 11.1. The molecule has 0 spiro atoms. The summed E-state index contributed by atoms with van der Waals surface area (Å²) in [5.41, 5.74) is 0.894. The highest BCUT2D eigenvalue weighted by Gasteiger charge is 2.12. The Morgan fingerprint density at radius 3 is 2.57 bits per heavy atom. The van der Waals surface area contributed by atoms with Gasteiger partial charge in [-0.05, 0) is 52.4 Å². The number of hydrogen-bond donors (Lipinski definition) is 1. The third-order valence-corrected chi connectivity index (χ3v) is 3.68. The average molecular weight is 398 g/mol. The lowest BCUT2D eigenvalue weighted by Crippen LogP contribution is -1.97. The van der Waals surface area contributed by atoms with E-state index in [0.29, 0.717) is 11.3 Å². The van der Waals surface area contributed by atoms with Crippen molar-refractivity contribution in [3.63, 3.8) is 0 Å². The Morgan fingerprint density at radius 1 is 1.29 bits per heavy atom. The van der Waals surface area contributed by atoms with Crippen molar-refractivity contribution in [2.45, 2.75) is 0 Å². The zero-order chi connectivity index (χ0) is 15.4. The van der Waals surface area contributed by atoms with Crippen molar-refractivity contribution < 1.29 is 19.0 Å². The number of ether oxygens (including phenoxy) is 1. The first-order valence-electron chi connectivity index (χ1n) is 6.05. The average Bonchev–Trinajstić information content (AvgIpc) is 2.48. The summed E-state index contributed by atoms with van der Waals surface area (Å²) in [5.74, 6) is -0.300. The molecule has 0 aliphatic carbocycles. The highest BCUT2D eigenvalue weighted by Crippen LogP contribution is 2.29. The van der Waals surface area contributed by atoms with Gasteiger partial charge in [0.15, 0.2) is 5.78 Å². The maximum absolute atomic E-state index is 12.8. The number of benzene rings is 2. The molecule has 2 rings (SSSR count). The second-order valence-electron chi connectivity index (χ2n) is 4.25. The summed E-state index contributed by atoms with van der Waals surface area (Å²) in [6.07, 6.45) is 2.91. The molecule has 0 amide bonds. The fraction of sp³-hybridized carbons (Fsp3) is 0.0625. The first kappa shape index (κ1) is 15.5. The Kier molecular flexibility index (Phi) is 4.95. The minimum absolute atomic E-state index is 0.138. The maximum Gasteiger partial charge on any atom is 0.189 e. The van der Waals surface area contributed by atoms with Crippen LogP contribution in [-0.4, -0.2) is 18.0 Å². The van der Waals surface area contributed by atoms with E-state index in [4.69, 9.17) is 4.74 Å². The highest BCUT2D eigenvalue weighted by atomic mass is 127. The van der Waals surface area contributed by atoms with Gasteiger partial charge in [0.1, 0.15) is 17.3 Å². The molecule has 0 radical (unpaired) electrons. The molecule has 0 atom stereocenters. The van der Waals surface area contributed by atoms with Crippen molar-refractivity contribution in [3.05, 3.63) is 63.0 Å². The molecule has 5 heteroatoms. The molecule has 0 unspecified atom stereocenters. The molecule has 3 nitrogen and oxygen atoms in total. The molecular formula is C16H12FIO3. The number of hydrogen-bond acceptors (Lipinski definition) is 3. The van der Waals surface area contributed by atoms with Crippen LogP contribution >= 0.6 is 22.6 Å². The summed E-state index contributed by atoms with van der Waals surface area (Å²) < 4.78 is 18.6. The number of carbonyl (C=O) groups is 1. The molecule has 0 aliphatic heterocycles. The molecule has 0 aliphatic rings. The van der Waals surface area contributed by atoms with E-state index < -0.39 is 0 Å². The summed E-state index contributed by atoms with van der Waals surface area (Å²) in [4.78, 5) is 12.1. The molecule has 2 aromatic carbocycles. The molecule has 0 saturated heterocycles. The fourth-order valence-corrected chi connectivity index (χ4v) is 2.42. The number of methoxy groups -OCH3 is 1. The van der Waals surface area contributed by atoms with Gasteiger partial charge in [-0.2, -0.15) is 0 Å². The monoisotopic (exact) mass is 398 g/mol. The van der Waals surface area contributed by atoms with Crippen LogP contribution in [0.4, 0.5) is 4.39 Å². The number of halogens is 2. The Balaban J connectivity index is 2.24. The molecule has 1 N–H and O–H groups in total. The Hall–Kier alpha value is -1.89. The highest BCUT2D eigenvalue weighted by molar-refractivity contribution is 14.1. The number of ketones is 1. The lowest BCUT2D eigenvalue weighted by atomic mass is 10.1. The third kappa shape index (κ3) is 3.81. The van der Waals surface area contributed by atoms with Gasteiger partial charge < -0.3 is 9.84 Å². The SMILES string of the molecule is COc1cc(O)c(C(=O)/C=C/c2ccc(F)cc2)cc1I. The first-order valence-corrected chi connectivity index (χ1v) is 7.13. The topological polar surface area (TPSA) is 46.5 Å². The third-order valence-electron chi connectivity index (χ3n) is 2.83. The number of carbonyl (C=O) groups excluding carboxylic acids is 1. The summed E-state index contributed by atoms with van der Waals surface area (Å²) in [5, 5.41) is 9.86. The van der Waals surface area contributed by atoms with Gasteiger partial charge in [-0.25, -0.2) is 4.39 Å². The molecule has 0 saturated carbocycles. The summed E-state index contributed by atoms with van der Waals surface area (Å²) in [7, 11) is 1.49. The molecular weight excluding hydrogens is 386 g/mol. The van der Waals surface area contributed by atoms with E-state index >= 15 is 0 Å². The molecule has 0 aromatic heterocycles. The second-order valence-corrected chi connectivity index (χ2v) is 5.42. The van der Waals surface area contributed by atoms with Crippen LogP contribution < -0.4 is 4.74 Å². The van der Waals surface area contributed by atoms with Gasteiger partial charge in [0, 0.05) is 6.07 Å². The first-order chi connectivity index (χ1) is 10.0. The van der Waals surface area contributed by atoms with Crippen LogP contribution in [0.2, 0.25) is 0 Å². The van der Waals surface area contributed by atoms with E-state index in [0.717, 1.165) is 3.57 Å². The van der Waals surface area contributed by atoms with E-state index in [1.54, 1.807) is 24.3 Å². The van der Waals surface area contributed by atoms with Crippen molar-refractivity contribution in [1.82, 2.24) is 0 Å². The smallest absolute Gasteiger partial charge is 0.189 e. The number of aromatic hydroxyl groups is 1. The quantitative estimate of drug-likeness (QED) is 0.481. The lowest BCUT2D eigenvalue weighted by molar-refractivity contribution is 0.104. The number of allylic oxidation sites excluding steroid dienone is 1. The summed E-state index contributed by atoms with van der Waals surface area (Å²) in [6, 6.07) is 8.73. The van der Waals surface area contributed by atoms with Gasteiger partial charge in [-0.15, -0.1) is 0 Å². The Bertz CT molecular complexity index is 693. The van der Waals surface area contributed by atoms with Gasteiger partial charge >= 0.3 is 0 Å². The van der Waals surface area contributed by atoms with Crippen molar-refractivity contribution in [2.24, 2.45) is 0 Å². The molecule has 2 aromatic rings. The fourth-order valence-electron chi connectivity index (χ4n) is 1.73. The van der Waals surface area contributed by atoms with Gasteiger partial charge in [0.25, 0.3) is 0 Å². The molecule has 0 fully saturated rings. The van der Waals surface area contributed by atoms with E-state index in [2.05, 4.69) is 0 Å². The van der Waals surface area contributed by atoms with Crippen molar-refractivity contribution >= 4 is 34.5 Å². The van der Waals surface area contributed by atoms with Crippen LogP contribution in [0.1, 0.15) is 15.9 Å². The van der Waals surface area contributed by atoms with Crippen LogP contribution in [-0.2, 0) is 0 Å². The van der Waals surface area contributed by atoms with E-state index in [-0.39, 0.29) is 22.9 Å². The van der Waals surface area contributed by atoms with E-state index in [1.807, 2.05) is 22.6 Å². The summed E-state index contributed by atoms with van der Waals surface area (Å²) >= 11 is 2.03. The van der Waals surface area contributed by atoms with Crippen LogP contribution in [0.5, 0.6) is 11.5 Å². The van der Waals surface area contributed by atoms with Gasteiger partial charge in [0.05, 0.1) is 16.2 Å². The van der Waals surface area contributed by atoms with Crippen LogP contribution in [0, 0.1) is 9.39 Å². The molecule has 21 heavy (non-hydrogen) atoms. The van der Waals surface area contributed by atoms with E-state index in [1.165, 1.54) is 31.4 Å². The van der Waals surface area contributed by atoms with Crippen LogP contribution in [0.3, 0.4) is 0 Å². The number of phenolic OH excluding ortho intramolecular Hbond substituents is 1. The number of rotatable bonds is 4. The van der Waals surface area contributed by atoms with Crippen molar-refractivity contribution in [1.29, 1.82) is 0 Å². The lowest BCUT2D eigenvalue weighted by Gasteiger charge is -2.07. The largest absolute Gasteiger partial charge is 0.507 e. The molecule has 0 heterocycles. The van der Waals surface area contributed by atoms with Gasteiger partial charge in [-0.3, -0.25) is 4.79 Å². The van der Waals surface area contributed by atoms with Crippen molar-refractivity contribution in [2.75, 3.05) is 7.11 Å². The number of phenols is 1. The minimum atomic E-state index is -0.336. The predicted octanol–water partition coefficient (Wildman–Crippen LogP) is 4.04.